The number of hydrogen-bond acceptors (Lipinski definition) is 5. The van der Waals surface area contributed by atoms with E-state index in [0.29, 0.717) is 31.2 Å². The van der Waals surface area contributed by atoms with Gasteiger partial charge in [-0.2, -0.15) is 0 Å². The van der Waals surface area contributed by atoms with E-state index < -0.39 is 23.3 Å². The molecule has 0 aromatic heterocycles. The van der Waals surface area contributed by atoms with Gasteiger partial charge in [0.15, 0.2) is 11.5 Å². The summed E-state index contributed by atoms with van der Waals surface area (Å²) in [7, 11) is 0. The minimum absolute atomic E-state index is 0.0482. The Morgan fingerprint density at radius 2 is 1.71 bits per heavy atom. The van der Waals surface area contributed by atoms with Crippen molar-refractivity contribution in [1.29, 1.82) is 0 Å². The van der Waals surface area contributed by atoms with Gasteiger partial charge in [0.05, 0.1) is 22.7 Å². The molecule has 9 heteroatoms. The van der Waals surface area contributed by atoms with E-state index in [-0.39, 0.29) is 35.1 Å². The first-order chi connectivity index (χ1) is 16.0. The molecule has 1 aliphatic carbocycles. The summed E-state index contributed by atoms with van der Waals surface area (Å²) in [5.41, 5.74) is 0.373. The largest absolute Gasteiger partial charge is 0.586 e. The highest BCUT2D eigenvalue weighted by molar-refractivity contribution is 5.91. The highest BCUT2D eigenvalue weighted by Crippen LogP contribution is 2.52. The third-order valence-electron chi connectivity index (χ3n) is 6.70. The lowest BCUT2D eigenvalue weighted by molar-refractivity contribution is -0.286. The van der Waals surface area contributed by atoms with Gasteiger partial charge in [-0.3, -0.25) is 4.79 Å². The maximum Gasteiger partial charge on any atom is 0.586 e. The Kier molecular flexibility index (Phi) is 5.09. The van der Waals surface area contributed by atoms with E-state index in [1.54, 1.807) is 30.3 Å². The van der Waals surface area contributed by atoms with Gasteiger partial charge < -0.3 is 24.6 Å². The molecule has 2 heterocycles. The predicted octanol–water partition coefficient (Wildman–Crippen LogP) is 4.55. The number of halogens is 2. The Labute approximate surface area is 195 Å². The van der Waals surface area contributed by atoms with Crippen LogP contribution >= 0.6 is 0 Å². The minimum atomic E-state index is -3.70. The molecular weight excluding hydrogens is 448 g/mol. The van der Waals surface area contributed by atoms with Crippen LogP contribution in [0.4, 0.5) is 8.78 Å². The number of carboxylic acids is 1. The first kappa shape index (κ1) is 22.6. The summed E-state index contributed by atoms with van der Waals surface area (Å²) in [5.74, 6) is -1.27. The Bertz CT molecular complexity index is 1140. The van der Waals surface area contributed by atoms with Crippen LogP contribution in [0.15, 0.2) is 42.5 Å². The molecule has 0 radical (unpaired) electrons. The second kappa shape index (κ2) is 7.66. The van der Waals surface area contributed by atoms with Gasteiger partial charge in [-0.15, -0.1) is 8.78 Å². The number of carboxylic acid groups (broad SMARTS) is 1. The monoisotopic (exact) mass is 473 g/mol. The fraction of sp³-hybridized carbons (Fsp3) is 0.440. The minimum Gasteiger partial charge on any atom is -0.478 e. The molecule has 180 valence electrons. The van der Waals surface area contributed by atoms with Crippen LogP contribution in [0.1, 0.15) is 67.1 Å². The van der Waals surface area contributed by atoms with Crippen molar-refractivity contribution in [2.45, 2.75) is 69.0 Å². The third kappa shape index (κ3) is 4.20. The predicted molar refractivity (Wildman–Crippen MR) is 116 cm³/mol. The number of nitrogens with one attached hydrogen (secondary N) is 1. The zero-order chi connectivity index (χ0) is 24.3. The number of rotatable bonds is 5. The van der Waals surface area contributed by atoms with Crippen LogP contribution in [0, 0.1) is 0 Å². The highest BCUT2D eigenvalue weighted by atomic mass is 19.3. The van der Waals surface area contributed by atoms with E-state index in [1.165, 1.54) is 12.1 Å². The standard InChI is InChI=1S/C25H25F2NO6/c1-23(2)13-17(12-19(32-23)14-3-5-15(6-4-14)21(29)30)28-22(31)24(9-10-24)16-7-8-18-20(11-16)34-25(26,27)33-18/h3-8,11,17,19H,9-10,12-13H2,1-2H3,(H,28,31)(H,29,30)/t17-,19+/m0/s1. The van der Waals surface area contributed by atoms with Crippen molar-refractivity contribution in [2.75, 3.05) is 0 Å². The van der Waals surface area contributed by atoms with Crippen LogP contribution in [0.2, 0.25) is 0 Å². The number of amides is 1. The summed E-state index contributed by atoms with van der Waals surface area (Å²) in [6, 6.07) is 10.9. The van der Waals surface area contributed by atoms with Gasteiger partial charge in [0.2, 0.25) is 5.91 Å². The number of carbonyl (C=O) groups excluding carboxylic acids is 1. The van der Waals surface area contributed by atoms with Gasteiger partial charge in [0.25, 0.3) is 0 Å². The average Bonchev–Trinajstić information content (AvgIpc) is 3.50. The highest BCUT2D eigenvalue weighted by Gasteiger charge is 2.53. The van der Waals surface area contributed by atoms with Crippen molar-refractivity contribution in [2.24, 2.45) is 0 Å². The molecule has 1 saturated carbocycles. The Hall–Kier alpha value is -3.20. The third-order valence-corrected chi connectivity index (χ3v) is 6.70. The molecule has 2 aliphatic heterocycles. The second-order valence-corrected chi connectivity index (χ2v) is 9.81. The van der Waals surface area contributed by atoms with Crippen molar-refractivity contribution in [3.8, 4) is 11.5 Å². The Balaban J connectivity index is 1.31. The summed E-state index contributed by atoms with van der Waals surface area (Å²) in [4.78, 5) is 24.5. The Morgan fingerprint density at radius 3 is 2.35 bits per heavy atom. The van der Waals surface area contributed by atoms with Gasteiger partial charge in [0, 0.05) is 6.04 Å². The molecule has 2 N–H and O–H groups in total. The van der Waals surface area contributed by atoms with Crippen LogP contribution in [0.5, 0.6) is 11.5 Å². The number of aromatic carboxylic acids is 1. The molecule has 2 aromatic carbocycles. The van der Waals surface area contributed by atoms with Crippen molar-refractivity contribution in [3.05, 3.63) is 59.2 Å². The molecule has 2 fully saturated rings. The molecule has 2 aromatic rings. The van der Waals surface area contributed by atoms with Crippen LogP contribution < -0.4 is 14.8 Å². The first-order valence-electron chi connectivity index (χ1n) is 11.2. The van der Waals surface area contributed by atoms with E-state index in [0.717, 1.165) is 5.56 Å². The summed E-state index contributed by atoms with van der Waals surface area (Å²) >= 11 is 0. The van der Waals surface area contributed by atoms with Crippen molar-refractivity contribution in [3.63, 3.8) is 0 Å². The summed E-state index contributed by atoms with van der Waals surface area (Å²) in [6.07, 6.45) is -1.65. The number of alkyl halides is 2. The fourth-order valence-corrected chi connectivity index (χ4v) is 4.91. The lowest BCUT2D eigenvalue weighted by atomic mass is 9.87. The van der Waals surface area contributed by atoms with Crippen molar-refractivity contribution >= 4 is 11.9 Å². The van der Waals surface area contributed by atoms with E-state index in [1.807, 2.05) is 13.8 Å². The molecule has 2 atom stereocenters. The molecule has 7 nitrogen and oxygen atoms in total. The van der Waals surface area contributed by atoms with Gasteiger partial charge in [-0.1, -0.05) is 18.2 Å². The second-order valence-electron chi connectivity index (χ2n) is 9.81. The number of fused-ring (bicyclic) bond motifs is 1. The number of carbonyl (C=O) groups is 2. The maximum absolute atomic E-state index is 13.4. The normalized spacial score (nSPS) is 25.4. The summed E-state index contributed by atoms with van der Waals surface area (Å²) in [6.45, 7) is 3.91. The van der Waals surface area contributed by atoms with Gasteiger partial charge in [0.1, 0.15) is 0 Å². The van der Waals surface area contributed by atoms with Crippen LogP contribution in [-0.4, -0.2) is 34.9 Å². The van der Waals surface area contributed by atoms with E-state index in [4.69, 9.17) is 9.84 Å². The van der Waals surface area contributed by atoms with Crippen LogP contribution in [-0.2, 0) is 14.9 Å². The summed E-state index contributed by atoms with van der Waals surface area (Å²) < 4.78 is 42.0. The number of ether oxygens (including phenoxy) is 3. The lowest BCUT2D eigenvalue weighted by Gasteiger charge is -2.41. The van der Waals surface area contributed by atoms with Crippen LogP contribution in [0.25, 0.3) is 0 Å². The number of benzene rings is 2. The topological polar surface area (TPSA) is 94.1 Å². The zero-order valence-corrected chi connectivity index (χ0v) is 18.8. The molecule has 0 bridgehead atoms. The first-order valence-corrected chi connectivity index (χ1v) is 11.2. The fourth-order valence-electron chi connectivity index (χ4n) is 4.91. The molecule has 0 spiro atoms. The quantitative estimate of drug-likeness (QED) is 0.662. The maximum atomic E-state index is 13.4. The Morgan fingerprint density at radius 1 is 1.03 bits per heavy atom. The number of hydrogen-bond donors (Lipinski definition) is 2. The molecular formula is C25H25F2NO6. The van der Waals surface area contributed by atoms with E-state index in [2.05, 4.69) is 14.8 Å². The molecule has 34 heavy (non-hydrogen) atoms. The molecule has 3 aliphatic rings. The smallest absolute Gasteiger partial charge is 0.478 e. The van der Waals surface area contributed by atoms with Gasteiger partial charge in [-0.05, 0) is 74.9 Å². The van der Waals surface area contributed by atoms with Crippen LogP contribution in [0.3, 0.4) is 0 Å². The molecule has 1 amide bonds. The van der Waals surface area contributed by atoms with Crippen molar-refractivity contribution < 1.29 is 37.7 Å². The van der Waals surface area contributed by atoms with E-state index in [9.17, 15) is 18.4 Å². The molecule has 5 rings (SSSR count). The lowest BCUT2D eigenvalue weighted by Crippen LogP contribution is -2.49. The molecule has 0 unspecified atom stereocenters. The van der Waals surface area contributed by atoms with Crippen molar-refractivity contribution in [1.82, 2.24) is 5.32 Å². The molecule has 1 saturated heterocycles. The SMILES string of the molecule is CC1(C)C[C@@H](NC(=O)C2(c3ccc4c(c3)OC(F)(F)O4)CC2)C[C@H](c2ccc(C(=O)O)cc2)O1. The van der Waals surface area contributed by atoms with Gasteiger partial charge >= 0.3 is 12.3 Å². The van der Waals surface area contributed by atoms with E-state index >= 15 is 0 Å². The average molecular weight is 473 g/mol. The summed E-state index contributed by atoms with van der Waals surface area (Å²) in [5, 5.41) is 12.3. The van der Waals surface area contributed by atoms with Gasteiger partial charge in [-0.25, -0.2) is 4.79 Å². The zero-order valence-electron chi connectivity index (χ0n) is 18.8.